The summed E-state index contributed by atoms with van der Waals surface area (Å²) >= 11 is 0. The van der Waals surface area contributed by atoms with E-state index in [0.717, 1.165) is 23.4 Å². The lowest BCUT2D eigenvalue weighted by Crippen LogP contribution is -2.10. The summed E-state index contributed by atoms with van der Waals surface area (Å²) in [6.07, 6.45) is -2.87. The lowest BCUT2D eigenvalue weighted by Gasteiger charge is -2.14. The molecule has 0 unspecified atom stereocenters. The highest BCUT2D eigenvalue weighted by Crippen LogP contribution is 2.39. The van der Waals surface area contributed by atoms with Crippen LogP contribution in [0.25, 0.3) is 11.6 Å². The molecule has 1 amide bonds. The fourth-order valence-electron chi connectivity index (χ4n) is 3.70. The third-order valence-corrected chi connectivity index (χ3v) is 5.40. The van der Waals surface area contributed by atoms with Gasteiger partial charge in [-0.25, -0.2) is 0 Å². The van der Waals surface area contributed by atoms with Crippen LogP contribution in [0.2, 0.25) is 0 Å². The van der Waals surface area contributed by atoms with Crippen molar-refractivity contribution in [3.8, 4) is 17.2 Å². The van der Waals surface area contributed by atoms with Crippen molar-refractivity contribution >= 4 is 23.2 Å². The molecule has 1 aliphatic rings. The van der Waals surface area contributed by atoms with Crippen LogP contribution < -0.4 is 19.5 Å². The Balaban J connectivity index is 1.50. The number of para-hydroxylation sites is 1. The van der Waals surface area contributed by atoms with Crippen LogP contribution in [0.3, 0.4) is 0 Å². The number of amides is 1. The van der Waals surface area contributed by atoms with Crippen molar-refractivity contribution in [3.63, 3.8) is 0 Å². The molecule has 0 atom stereocenters. The normalized spacial score (nSPS) is 14.0. The van der Waals surface area contributed by atoms with Gasteiger partial charge in [0.1, 0.15) is 19.0 Å². The van der Waals surface area contributed by atoms with Crippen LogP contribution in [0, 0.1) is 6.92 Å². The fourth-order valence-corrected chi connectivity index (χ4v) is 3.70. The summed E-state index contributed by atoms with van der Waals surface area (Å²) in [6, 6.07) is 16.1. The summed E-state index contributed by atoms with van der Waals surface area (Å²) in [5.41, 5.74) is 1.69. The molecule has 0 aliphatic carbocycles. The zero-order valence-corrected chi connectivity index (χ0v) is 19.2. The van der Waals surface area contributed by atoms with Gasteiger partial charge in [-0.3, -0.25) is 4.79 Å². The lowest BCUT2D eigenvalue weighted by molar-refractivity contribution is -0.137. The largest absolute Gasteiger partial charge is 0.490 e. The fraction of sp³-hybridized carbons (Fsp3) is 0.222. The number of anilines is 1. The summed E-state index contributed by atoms with van der Waals surface area (Å²) in [5, 5.41) is 2.51. The SMILES string of the molecule is CCOc1cc(/C=C2/C(=O)Nc3cc(C(F)(F)F)ccc32)ccc1OCCOc1ccccc1C. The maximum Gasteiger partial charge on any atom is 0.416 e. The molecule has 3 aromatic rings. The molecule has 0 fully saturated rings. The van der Waals surface area contributed by atoms with Gasteiger partial charge >= 0.3 is 6.18 Å². The Kier molecular flexibility index (Phi) is 7.00. The van der Waals surface area contributed by atoms with Gasteiger partial charge in [0.15, 0.2) is 11.5 Å². The Morgan fingerprint density at radius 1 is 0.886 bits per heavy atom. The smallest absolute Gasteiger partial charge is 0.416 e. The van der Waals surface area contributed by atoms with Gasteiger partial charge in [0, 0.05) is 16.8 Å². The monoisotopic (exact) mass is 483 g/mol. The quantitative estimate of drug-likeness (QED) is 0.299. The van der Waals surface area contributed by atoms with Crippen molar-refractivity contribution in [3.05, 3.63) is 82.9 Å². The van der Waals surface area contributed by atoms with E-state index in [0.29, 0.717) is 42.4 Å². The van der Waals surface area contributed by atoms with E-state index >= 15 is 0 Å². The Morgan fingerprint density at radius 2 is 1.63 bits per heavy atom. The van der Waals surface area contributed by atoms with Gasteiger partial charge in [-0.15, -0.1) is 0 Å². The molecule has 0 aromatic heterocycles. The number of rotatable bonds is 8. The van der Waals surface area contributed by atoms with Crippen LogP contribution in [-0.2, 0) is 11.0 Å². The molecule has 0 radical (unpaired) electrons. The summed E-state index contributed by atoms with van der Waals surface area (Å²) < 4.78 is 56.3. The number of hydrogen-bond acceptors (Lipinski definition) is 4. The van der Waals surface area contributed by atoms with E-state index in [1.165, 1.54) is 6.07 Å². The van der Waals surface area contributed by atoms with Gasteiger partial charge in [-0.1, -0.05) is 30.3 Å². The molecular formula is C27H24F3NO4. The van der Waals surface area contributed by atoms with Crippen LogP contribution in [0.1, 0.15) is 29.2 Å². The van der Waals surface area contributed by atoms with E-state index in [9.17, 15) is 18.0 Å². The number of fused-ring (bicyclic) bond motifs is 1. The van der Waals surface area contributed by atoms with Crippen molar-refractivity contribution in [1.29, 1.82) is 0 Å². The first-order chi connectivity index (χ1) is 16.8. The van der Waals surface area contributed by atoms with E-state index < -0.39 is 17.6 Å². The van der Waals surface area contributed by atoms with Crippen LogP contribution >= 0.6 is 0 Å². The van der Waals surface area contributed by atoms with Gasteiger partial charge in [0.2, 0.25) is 0 Å². The van der Waals surface area contributed by atoms with Crippen molar-refractivity contribution in [1.82, 2.24) is 0 Å². The Hall–Kier alpha value is -3.94. The zero-order valence-electron chi connectivity index (χ0n) is 19.2. The standard InChI is InChI=1S/C27H24F3NO4/c1-3-33-25-15-18(8-11-24(25)35-13-12-34-23-7-5-4-6-17(23)2)14-21-20-10-9-19(27(28,29)30)16-22(20)31-26(21)32/h4-11,14-16H,3,12-13H2,1-2H3,(H,31,32)/b21-14+. The van der Waals surface area contributed by atoms with Crippen molar-refractivity contribution < 1.29 is 32.2 Å². The minimum atomic E-state index is -4.49. The number of nitrogens with one attached hydrogen (secondary N) is 1. The van der Waals surface area contributed by atoms with Crippen molar-refractivity contribution in [2.75, 3.05) is 25.1 Å². The highest BCUT2D eigenvalue weighted by Gasteiger charge is 2.33. The van der Waals surface area contributed by atoms with Crippen LogP contribution in [-0.4, -0.2) is 25.7 Å². The second kappa shape index (κ2) is 10.1. The van der Waals surface area contributed by atoms with E-state index in [1.54, 1.807) is 24.3 Å². The van der Waals surface area contributed by atoms with Gasteiger partial charge in [-0.2, -0.15) is 13.2 Å². The lowest BCUT2D eigenvalue weighted by atomic mass is 10.0. The maximum absolute atomic E-state index is 13.0. The Morgan fingerprint density at radius 3 is 2.34 bits per heavy atom. The highest BCUT2D eigenvalue weighted by atomic mass is 19.4. The first kappa shape index (κ1) is 24.2. The molecule has 1 heterocycles. The molecule has 3 aromatic carbocycles. The molecule has 0 bridgehead atoms. The van der Waals surface area contributed by atoms with Gasteiger partial charge in [-0.05, 0) is 61.4 Å². The van der Waals surface area contributed by atoms with Crippen molar-refractivity contribution in [2.24, 2.45) is 0 Å². The topological polar surface area (TPSA) is 56.8 Å². The molecule has 0 saturated heterocycles. The Labute approximate surface area is 201 Å². The van der Waals surface area contributed by atoms with E-state index in [4.69, 9.17) is 14.2 Å². The van der Waals surface area contributed by atoms with Crippen LogP contribution in [0.4, 0.5) is 18.9 Å². The summed E-state index contributed by atoms with van der Waals surface area (Å²) in [7, 11) is 0. The van der Waals surface area contributed by atoms with E-state index in [1.807, 2.05) is 38.1 Å². The van der Waals surface area contributed by atoms with Crippen LogP contribution in [0.15, 0.2) is 60.7 Å². The number of hydrogen-bond donors (Lipinski definition) is 1. The number of carbonyl (C=O) groups excluding carboxylic acids is 1. The molecule has 5 nitrogen and oxygen atoms in total. The molecule has 1 aliphatic heterocycles. The second-order valence-electron chi connectivity index (χ2n) is 7.87. The molecule has 4 rings (SSSR count). The summed E-state index contributed by atoms with van der Waals surface area (Å²) in [5.74, 6) is 1.34. The predicted octanol–water partition coefficient (Wildman–Crippen LogP) is 6.36. The maximum atomic E-state index is 13.0. The van der Waals surface area contributed by atoms with Crippen molar-refractivity contribution in [2.45, 2.75) is 20.0 Å². The third kappa shape index (κ3) is 5.59. The molecular weight excluding hydrogens is 459 g/mol. The highest BCUT2D eigenvalue weighted by molar-refractivity contribution is 6.34. The van der Waals surface area contributed by atoms with Crippen LogP contribution in [0.5, 0.6) is 17.2 Å². The second-order valence-corrected chi connectivity index (χ2v) is 7.87. The number of ether oxygens (including phenoxy) is 3. The number of benzene rings is 3. The zero-order chi connectivity index (χ0) is 25.0. The number of halogens is 3. The van der Waals surface area contributed by atoms with Gasteiger partial charge in [0.05, 0.1) is 12.2 Å². The molecule has 35 heavy (non-hydrogen) atoms. The Bertz CT molecular complexity index is 1270. The predicted molar refractivity (Wildman–Crippen MR) is 128 cm³/mol. The van der Waals surface area contributed by atoms with E-state index in [-0.39, 0.29) is 11.3 Å². The minimum absolute atomic E-state index is 0.134. The average molecular weight is 483 g/mol. The number of carbonyl (C=O) groups is 1. The average Bonchev–Trinajstić information content (AvgIpc) is 3.13. The van der Waals surface area contributed by atoms with E-state index in [2.05, 4.69) is 5.32 Å². The minimum Gasteiger partial charge on any atom is -0.490 e. The number of aryl methyl sites for hydroxylation is 1. The molecule has 8 heteroatoms. The third-order valence-electron chi connectivity index (χ3n) is 5.40. The molecule has 0 saturated carbocycles. The summed E-state index contributed by atoms with van der Waals surface area (Å²) in [6.45, 7) is 4.86. The molecule has 182 valence electrons. The van der Waals surface area contributed by atoms with Gasteiger partial charge in [0.25, 0.3) is 5.91 Å². The first-order valence-electron chi connectivity index (χ1n) is 11.1. The molecule has 0 spiro atoms. The first-order valence-corrected chi connectivity index (χ1v) is 11.1. The van der Waals surface area contributed by atoms with Gasteiger partial charge < -0.3 is 19.5 Å². The number of alkyl halides is 3. The summed E-state index contributed by atoms with van der Waals surface area (Å²) in [4.78, 5) is 12.5. The molecule has 1 N–H and O–H groups in total.